The van der Waals surface area contributed by atoms with Crippen molar-refractivity contribution in [3.63, 3.8) is 0 Å². The van der Waals surface area contributed by atoms with Gasteiger partial charge in [-0.1, -0.05) is 54.0 Å². The largest absolute Gasteiger partial charge is 0.392 e. The molecule has 1 aromatic carbocycles. The predicted molar refractivity (Wildman–Crippen MR) is 120 cm³/mol. The Bertz CT molecular complexity index is 749. The minimum Gasteiger partial charge on any atom is -0.392 e. The number of fused-ring (bicyclic) bond motifs is 1. The van der Waals surface area contributed by atoms with E-state index in [0.717, 1.165) is 18.4 Å². The number of carbonyl (C=O) groups excluding carboxylic acids is 1. The van der Waals surface area contributed by atoms with E-state index in [1.54, 1.807) is 11.6 Å². The van der Waals surface area contributed by atoms with E-state index in [0.29, 0.717) is 18.3 Å². The van der Waals surface area contributed by atoms with Crippen LogP contribution in [0, 0.1) is 24.7 Å². The van der Waals surface area contributed by atoms with Crippen LogP contribution in [0.3, 0.4) is 0 Å². The highest BCUT2D eigenvalue weighted by molar-refractivity contribution is 5.91. The van der Waals surface area contributed by atoms with Crippen molar-refractivity contribution in [2.45, 2.75) is 58.0 Å². The van der Waals surface area contributed by atoms with Gasteiger partial charge in [-0.25, -0.2) is 0 Å². The summed E-state index contributed by atoms with van der Waals surface area (Å²) in [6, 6.07) is 8.12. The molecule has 0 aromatic heterocycles. The molecule has 2 aliphatic carbocycles. The number of aryl methyl sites for hydroxylation is 1. The van der Waals surface area contributed by atoms with Crippen LogP contribution < -0.4 is 0 Å². The number of allylic oxidation sites excluding steroid dienone is 3. The van der Waals surface area contributed by atoms with Crippen LogP contribution in [-0.2, 0) is 11.2 Å². The van der Waals surface area contributed by atoms with Gasteiger partial charge >= 0.3 is 0 Å². The lowest BCUT2D eigenvalue weighted by Gasteiger charge is -2.18. The summed E-state index contributed by atoms with van der Waals surface area (Å²) in [5.74, 6) is 1.20. The van der Waals surface area contributed by atoms with Crippen LogP contribution >= 0.6 is 0 Å². The first-order chi connectivity index (χ1) is 13.9. The van der Waals surface area contributed by atoms with Crippen molar-refractivity contribution in [3.8, 4) is 0 Å². The quantitative estimate of drug-likeness (QED) is 0.354. The van der Waals surface area contributed by atoms with Crippen LogP contribution in [0.25, 0.3) is 0 Å². The molecule has 0 heterocycles. The molecule has 0 bridgehead atoms. The molecule has 0 unspecified atom stereocenters. The number of aliphatic hydroxyl groups excluding tert-OH is 1. The zero-order valence-corrected chi connectivity index (χ0v) is 18.3. The number of hydrogen-bond donors (Lipinski definition) is 1. The minimum absolute atomic E-state index is 0.115. The first kappa shape index (κ1) is 22.0. The normalized spacial score (nSPS) is 26.3. The monoisotopic (exact) mass is 395 g/mol. The summed E-state index contributed by atoms with van der Waals surface area (Å²) in [5, 5.41) is 10.5. The molecule has 1 saturated carbocycles. The molecule has 2 aliphatic rings. The second kappa shape index (κ2) is 10.4. The summed E-state index contributed by atoms with van der Waals surface area (Å²) >= 11 is 0. The van der Waals surface area contributed by atoms with Gasteiger partial charge in [-0.05, 0) is 83.1 Å². The van der Waals surface area contributed by atoms with Gasteiger partial charge in [-0.15, -0.1) is 0 Å². The molecule has 4 atom stereocenters. The Morgan fingerprint density at radius 3 is 2.83 bits per heavy atom. The molecule has 3 rings (SSSR count). The van der Waals surface area contributed by atoms with E-state index in [2.05, 4.69) is 31.1 Å². The molecular formula is C26H37NO2. The van der Waals surface area contributed by atoms with Crippen molar-refractivity contribution in [1.29, 1.82) is 0 Å². The number of benzene rings is 1. The van der Waals surface area contributed by atoms with Gasteiger partial charge in [0.05, 0.1) is 6.10 Å². The highest BCUT2D eigenvalue weighted by Crippen LogP contribution is 2.48. The van der Waals surface area contributed by atoms with Gasteiger partial charge in [0, 0.05) is 12.3 Å². The third-order valence-electron chi connectivity index (χ3n) is 6.52. The van der Waals surface area contributed by atoms with Gasteiger partial charge < -0.3 is 10.0 Å². The number of ketones is 1. The van der Waals surface area contributed by atoms with Crippen molar-refractivity contribution in [1.82, 2.24) is 4.90 Å². The fourth-order valence-corrected chi connectivity index (χ4v) is 5.05. The summed E-state index contributed by atoms with van der Waals surface area (Å²) in [5.41, 5.74) is 3.81. The molecule has 0 amide bonds. The lowest BCUT2D eigenvalue weighted by Crippen LogP contribution is -2.17. The highest BCUT2D eigenvalue weighted by atomic mass is 16.3. The smallest absolute Gasteiger partial charge is 0.159 e. The fraction of sp³-hybridized carbons (Fsp3) is 0.577. The molecule has 158 valence electrons. The van der Waals surface area contributed by atoms with Gasteiger partial charge in [0.1, 0.15) is 0 Å². The predicted octanol–water partition coefficient (Wildman–Crippen LogP) is 4.73. The average Bonchev–Trinajstić information content (AvgIpc) is 3.16. The molecule has 29 heavy (non-hydrogen) atoms. The molecule has 3 heteroatoms. The Kier molecular flexibility index (Phi) is 7.85. The number of unbranched alkanes of at least 4 members (excludes halogenated alkanes) is 2. The van der Waals surface area contributed by atoms with Crippen LogP contribution in [0.2, 0.25) is 0 Å². The van der Waals surface area contributed by atoms with Crippen LogP contribution in [0.5, 0.6) is 0 Å². The van der Waals surface area contributed by atoms with E-state index >= 15 is 0 Å². The van der Waals surface area contributed by atoms with E-state index in [4.69, 9.17) is 0 Å². The Morgan fingerprint density at radius 2 is 2.07 bits per heavy atom. The Morgan fingerprint density at radius 1 is 1.24 bits per heavy atom. The molecule has 0 saturated heterocycles. The third kappa shape index (κ3) is 6.38. The van der Waals surface area contributed by atoms with Crippen molar-refractivity contribution in [2.24, 2.45) is 17.8 Å². The Labute approximate surface area is 176 Å². The Balaban J connectivity index is 1.47. The van der Waals surface area contributed by atoms with E-state index in [1.807, 2.05) is 31.2 Å². The van der Waals surface area contributed by atoms with Crippen LogP contribution in [0.4, 0.5) is 0 Å². The summed E-state index contributed by atoms with van der Waals surface area (Å²) in [7, 11) is 4.26. The van der Waals surface area contributed by atoms with Crippen molar-refractivity contribution in [2.75, 3.05) is 20.6 Å². The van der Waals surface area contributed by atoms with Gasteiger partial charge in [0.25, 0.3) is 0 Å². The summed E-state index contributed by atoms with van der Waals surface area (Å²) in [4.78, 5) is 14.7. The lowest BCUT2D eigenvalue weighted by molar-refractivity contribution is -0.114. The number of hydrogen-bond acceptors (Lipinski definition) is 3. The van der Waals surface area contributed by atoms with Gasteiger partial charge in [0.2, 0.25) is 0 Å². The molecule has 1 N–H and O–H groups in total. The number of aliphatic hydroxyl groups is 1. The highest BCUT2D eigenvalue weighted by Gasteiger charge is 2.43. The SMILES string of the molecule is Cc1cccc(CC(=O)C=C[C@@H]2[C@H]3CC(CCCCCN(C)C)=C[C@H]3C[C@H]2O)c1. The topological polar surface area (TPSA) is 40.5 Å². The van der Waals surface area contributed by atoms with E-state index in [-0.39, 0.29) is 17.8 Å². The first-order valence-electron chi connectivity index (χ1n) is 11.2. The maximum atomic E-state index is 12.4. The van der Waals surface area contributed by atoms with Crippen molar-refractivity contribution < 1.29 is 9.90 Å². The average molecular weight is 396 g/mol. The van der Waals surface area contributed by atoms with Crippen LogP contribution in [0.15, 0.2) is 48.1 Å². The number of nitrogens with zero attached hydrogens (tertiary/aromatic N) is 1. The second-order valence-electron chi connectivity index (χ2n) is 9.34. The summed E-state index contributed by atoms with van der Waals surface area (Å²) in [6.45, 7) is 3.21. The zero-order valence-electron chi connectivity index (χ0n) is 18.3. The van der Waals surface area contributed by atoms with Crippen LogP contribution in [-0.4, -0.2) is 42.5 Å². The van der Waals surface area contributed by atoms with Gasteiger partial charge in [0.15, 0.2) is 5.78 Å². The zero-order chi connectivity index (χ0) is 20.8. The van der Waals surface area contributed by atoms with Crippen molar-refractivity contribution in [3.05, 3.63) is 59.2 Å². The number of carbonyl (C=O) groups is 1. The molecule has 1 aromatic rings. The molecule has 0 spiro atoms. The van der Waals surface area contributed by atoms with Gasteiger partial charge in [-0.2, -0.15) is 0 Å². The third-order valence-corrected chi connectivity index (χ3v) is 6.52. The fourth-order valence-electron chi connectivity index (χ4n) is 5.05. The lowest BCUT2D eigenvalue weighted by atomic mass is 9.88. The van der Waals surface area contributed by atoms with Crippen molar-refractivity contribution >= 4 is 5.78 Å². The molecule has 0 aliphatic heterocycles. The van der Waals surface area contributed by atoms with E-state index < -0.39 is 0 Å². The Hall–Kier alpha value is -1.71. The summed E-state index contributed by atoms with van der Waals surface area (Å²) in [6.07, 6.45) is 13.2. The van der Waals surface area contributed by atoms with E-state index in [1.165, 1.54) is 37.8 Å². The van der Waals surface area contributed by atoms with Crippen LogP contribution in [0.1, 0.15) is 49.7 Å². The first-order valence-corrected chi connectivity index (χ1v) is 11.2. The second-order valence-corrected chi connectivity index (χ2v) is 9.34. The van der Waals surface area contributed by atoms with Gasteiger partial charge in [-0.3, -0.25) is 4.79 Å². The molecular weight excluding hydrogens is 358 g/mol. The minimum atomic E-state index is -0.314. The summed E-state index contributed by atoms with van der Waals surface area (Å²) < 4.78 is 0. The standard InChI is InChI=1S/C26H37NO2/c1-19-8-7-10-20(14-19)16-23(28)11-12-24-25-17-21(15-22(25)18-26(24)29)9-5-4-6-13-27(2)3/h7-8,10-12,14-15,22,24-26,29H,4-6,9,13,16-18H2,1-3H3/t22-,24+,25-,26+/m0/s1. The maximum Gasteiger partial charge on any atom is 0.159 e. The van der Waals surface area contributed by atoms with E-state index in [9.17, 15) is 9.90 Å². The maximum absolute atomic E-state index is 12.4. The molecule has 1 fully saturated rings. The molecule has 0 radical (unpaired) electrons. The number of rotatable bonds is 10. The molecule has 3 nitrogen and oxygen atoms in total.